The van der Waals surface area contributed by atoms with E-state index in [1.807, 2.05) is 6.07 Å². The quantitative estimate of drug-likeness (QED) is 0.698. The van der Waals surface area contributed by atoms with Gasteiger partial charge in [0.2, 0.25) is 0 Å². The van der Waals surface area contributed by atoms with Gasteiger partial charge >= 0.3 is 0 Å². The van der Waals surface area contributed by atoms with E-state index < -0.39 is 0 Å². The molecule has 1 aliphatic carbocycles. The zero-order valence-electron chi connectivity index (χ0n) is 11.9. The van der Waals surface area contributed by atoms with Crippen molar-refractivity contribution in [3.05, 3.63) is 59.9 Å². The van der Waals surface area contributed by atoms with Crippen molar-refractivity contribution in [1.82, 2.24) is 4.57 Å². The number of aromatic nitrogens is 1. The molecule has 1 aromatic heterocycles. The molecule has 0 N–H and O–H groups in total. The summed E-state index contributed by atoms with van der Waals surface area (Å²) < 4.78 is 2.39. The second-order valence-electron chi connectivity index (χ2n) is 5.56. The van der Waals surface area contributed by atoms with E-state index in [9.17, 15) is 0 Å². The maximum absolute atomic E-state index is 3.35. The minimum Gasteiger partial charge on any atom is -0.338 e. The van der Waals surface area contributed by atoms with Gasteiger partial charge < -0.3 is 4.57 Å². The third kappa shape index (κ3) is 3.14. The van der Waals surface area contributed by atoms with Crippen molar-refractivity contribution in [2.75, 3.05) is 0 Å². The Labute approximate surface area is 121 Å². The van der Waals surface area contributed by atoms with E-state index in [4.69, 9.17) is 0 Å². The van der Waals surface area contributed by atoms with Gasteiger partial charge in [-0.25, -0.2) is 0 Å². The molecule has 1 saturated carbocycles. The van der Waals surface area contributed by atoms with Gasteiger partial charge in [-0.2, -0.15) is 0 Å². The van der Waals surface area contributed by atoms with E-state index in [2.05, 4.69) is 59.0 Å². The van der Waals surface area contributed by atoms with Crippen molar-refractivity contribution in [3.8, 4) is 11.8 Å². The lowest BCUT2D eigenvalue weighted by atomic mass is 9.95. The van der Waals surface area contributed by atoms with E-state index in [1.54, 1.807) is 0 Å². The summed E-state index contributed by atoms with van der Waals surface area (Å²) in [5.74, 6) is 6.66. The number of hydrogen-bond donors (Lipinski definition) is 0. The Hall–Kier alpha value is -1.94. The molecule has 0 amide bonds. The molecule has 1 heteroatoms. The van der Waals surface area contributed by atoms with Crippen molar-refractivity contribution in [1.29, 1.82) is 0 Å². The molecule has 0 atom stereocenters. The van der Waals surface area contributed by atoms with Crippen LogP contribution in [0.3, 0.4) is 0 Å². The highest BCUT2D eigenvalue weighted by Crippen LogP contribution is 2.29. The van der Waals surface area contributed by atoms with Crippen LogP contribution >= 0.6 is 0 Å². The van der Waals surface area contributed by atoms with Crippen LogP contribution < -0.4 is 0 Å². The zero-order valence-corrected chi connectivity index (χ0v) is 11.9. The van der Waals surface area contributed by atoms with Gasteiger partial charge in [-0.1, -0.05) is 55.5 Å². The number of rotatable bonds is 2. The maximum Gasteiger partial charge on any atom is 0.0922 e. The van der Waals surface area contributed by atoms with Gasteiger partial charge in [-0.15, -0.1) is 0 Å². The second kappa shape index (κ2) is 6.48. The van der Waals surface area contributed by atoms with Crippen molar-refractivity contribution in [2.24, 2.45) is 0 Å². The minimum atomic E-state index is 0.666. The Morgan fingerprint density at radius 2 is 1.75 bits per heavy atom. The minimum absolute atomic E-state index is 0.666. The van der Waals surface area contributed by atoms with Crippen molar-refractivity contribution < 1.29 is 0 Å². The third-order valence-electron chi connectivity index (χ3n) is 4.10. The average Bonchev–Trinajstić information content (AvgIpc) is 2.98. The Morgan fingerprint density at radius 1 is 0.950 bits per heavy atom. The molecule has 1 nitrogen and oxygen atoms in total. The molecular formula is C19H21N. The fourth-order valence-electron chi connectivity index (χ4n) is 3.01. The van der Waals surface area contributed by atoms with E-state index in [-0.39, 0.29) is 0 Å². The van der Waals surface area contributed by atoms with E-state index in [1.165, 1.54) is 43.4 Å². The molecule has 1 aliphatic rings. The van der Waals surface area contributed by atoms with Crippen LogP contribution in [0.1, 0.15) is 49.4 Å². The molecule has 0 radical (unpaired) electrons. The first-order chi connectivity index (χ1) is 9.93. The van der Waals surface area contributed by atoms with E-state index in [0.717, 1.165) is 6.42 Å². The van der Waals surface area contributed by atoms with Gasteiger partial charge in [-0.3, -0.25) is 0 Å². The summed E-state index contributed by atoms with van der Waals surface area (Å²) in [7, 11) is 0. The molecule has 0 unspecified atom stereocenters. The van der Waals surface area contributed by atoms with Gasteiger partial charge in [0.25, 0.3) is 0 Å². The molecule has 0 aliphatic heterocycles. The van der Waals surface area contributed by atoms with Crippen LogP contribution in [0.5, 0.6) is 0 Å². The first kappa shape index (κ1) is 13.1. The largest absolute Gasteiger partial charge is 0.338 e. The molecule has 0 bridgehead atoms. The monoisotopic (exact) mass is 263 g/mol. The predicted octanol–water partition coefficient (Wildman–Crippen LogP) is 4.59. The van der Waals surface area contributed by atoms with Crippen molar-refractivity contribution in [3.63, 3.8) is 0 Å². The fourth-order valence-corrected chi connectivity index (χ4v) is 3.01. The SMILES string of the molecule is C(#Cc1cccn1C1CCCCC1)Cc1ccccc1. The fraction of sp³-hybridized carbons (Fsp3) is 0.368. The number of nitrogens with zero attached hydrogens (tertiary/aromatic N) is 1. The molecule has 3 rings (SSSR count). The predicted molar refractivity (Wildman–Crippen MR) is 83.6 cm³/mol. The lowest BCUT2D eigenvalue weighted by Gasteiger charge is -2.24. The summed E-state index contributed by atoms with van der Waals surface area (Å²) in [6, 6.07) is 15.4. The molecule has 20 heavy (non-hydrogen) atoms. The maximum atomic E-state index is 3.35. The van der Waals surface area contributed by atoms with Crippen LogP contribution in [-0.2, 0) is 6.42 Å². The van der Waals surface area contributed by atoms with E-state index >= 15 is 0 Å². The highest BCUT2D eigenvalue weighted by molar-refractivity contribution is 5.32. The highest BCUT2D eigenvalue weighted by atomic mass is 15.0. The summed E-state index contributed by atoms with van der Waals surface area (Å²) in [6.45, 7) is 0. The molecule has 1 aromatic carbocycles. The Bertz CT molecular complexity index is 591. The standard InChI is InChI=1S/C19H21N/c1-3-9-17(10-4-1)11-7-14-19-15-8-16-20(19)18-12-5-2-6-13-18/h1,3-4,8-10,15-16,18H,2,5-6,11-13H2. The molecular weight excluding hydrogens is 242 g/mol. The van der Waals surface area contributed by atoms with Crippen LogP contribution in [0, 0.1) is 11.8 Å². The molecule has 102 valence electrons. The lowest BCUT2D eigenvalue weighted by molar-refractivity contribution is 0.352. The Balaban J connectivity index is 1.70. The van der Waals surface area contributed by atoms with Crippen molar-refractivity contribution >= 4 is 0 Å². The van der Waals surface area contributed by atoms with Gasteiger partial charge in [0.15, 0.2) is 0 Å². The normalized spacial score (nSPS) is 15.6. The molecule has 1 heterocycles. The average molecular weight is 263 g/mol. The molecule has 2 aromatic rings. The van der Waals surface area contributed by atoms with Gasteiger partial charge in [0.1, 0.15) is 0 Å². The lowest BCUT2D eigenvalue weighted by Crippen LogP contribution is -2.13. The molecule has 0 spiro atoms. The second-order valence-corrected chi connectivity index (χ2v) is 5.56. The summed E-state index contributed by atoms with van der Waals surface area (Å²) in [4.78, 5) is 0. The zero-order chi connectivity index (χ0) is 13.6. The highest BCUT2D eigenvalue weighted by Gasteiger charge is 2.15. The smallest absolute Gasteiger partial charge is 0.0922 e. The van der Waals surface area contributed by atoms with Crippen LogP contribution in [0.15, 0.2) is 48.7 Å². The Kier molecular flexibility index (Phi) is 4.23. The van der Waals surface area contributed by atoms with Crippen LogP contribution in [0.25, 0.3) is 0 Å². The number of hydrogen-bond acceptors (Lipinski definition) is 0. The molecule has 0 saturated heterocycles. The summed E-state index contributed by atoms with van der Waals surface area (Å²) in [5.41, 5.74) is 2.46. The Morgan fingerprint density at radius 3 is 2.55 bits per heavy atom. The number of benzene rings is 1. The van der Waals surface area contributed by atoms with Crippen molar-refractivity contribution in [2.45, 2.75) is 44.6 Å². The third-order valence-corrected chi connectivity index (χ3v) is 4.10. The first-order valence-corrected chi connectivity index (χ1v) is 7.63. The summed E-state index contributed by atoms with van der Waals surface area (Å²) >= 11 is 0. The van der Waals surface area contributed by atoms with Crippen LogP contribution in [0.4, 0.5) is 0 Å². The van der Waals surface area contributed by atoms with Crippen LogP contribution in [0.2, 0.25) is 0 Å². The van der Waals surface area contributed by atoms with Gasteiger partial charge in [0.05, 0.1) is 5.69 Å². The first-order valence-electron chi connectivity index (χ1n) is 7.63. The topological polar surface area (TPSA) is 4.93 Å². The van der Waals surface area contributed by atoms with E-state index in [0.29, 0.717) is 6.04 Å². The van der Waals surface area contributed by atoms with Crippen LogP contribution in [-0.4, -0.2) is 4.57 Å². The summed E-state index contributed by atoms with van der Waals surface area (Å²) in [6.07, 6.45) is 9.76. The van der Waals surface area contributed by atoms with Gasteiger partial charge in [-0.05, 0) is 36.5 Å². The summed E-state index contributed by atoms with van der Waals surface area (Å²) in [5, 5.41) is 0. The molecule has 1 fully saturated rings. The van der Waals surface area contributed by atoms with Gasteiger partial charge in [0, 0.05) is 18.7 Å².